The largest absolute Gasteiger partial charge is 0.470 e. The molecule has 0 unspecified atom stereocenters. The number of anilines is 1. The van der Waals surface area contributed by atoms with Crippen molar-refractivity contribution in [1.82, 2.24) is 14.1 Å². The van der Waals surface area contributed by atoms with Gasteiger partial charge in [-0.05, 0) is 33.6 Å². The molecule has 0 spiro atoms. The number of morpholine rings is 1. The molecule has 0 bridgehead atoms. The molecular formula is C29H42N4O8S. The third-order valence-electron chi connectivity index (χ3n) is 5.93. The number of hydrogen-bond acceptors (Lipinski definition) is 13. The number of rotatable bonds is 18. The van der Waals surface area contributed by atoms with Gasteiger partial charge < -0.3 is 33.9 Å². The van der Waals surface area contributed by atoms with Crippen molar-refractivity contribution < 1.29 is 38.1 Å². The molecule has 42 heavy (non-hydrogen) atoms. The summed E-state index contributed by atoms with van der Waals surface area (Å²) in [5.74, 6) is 3.13. The molecule has 1 N–H and O–H groups in total. The van der Waals surface area contributed by atoms with Gasteiger partial charge in [0.25, 0.3) is 5.88 Å². The SMILES string of the molecule is C#CCCCC(=O)OCC(COC(=O)CCCC#C)C(=O)O[C@@H](CNC(C)(C)C)COc1nsnc1N1CCOCC1. The van der Waals surface area contributed by atoms with Crippen molar-refractivity contribution in [3.05, 3.63) is 0 Å². The maximum absolute atomic E-state index is 13.3. The van der Waals surface area contributed by atoms with Crippen LogP contribution in [0.15, 0.2) is 0 Å². The van der Waals surface area contributed by atoms with Crippen molar-refractivity contribution in [1.29, 1.82) is 0 Å². The summed E-state index contributed by atoms with van der Waals surface area (Å²) < 4.78 is 36.4. The van der Waals surface area contributed by atoms with Crippen molar-refractivity contribution >= 4 is 35.5 Å². The second kappa shape index (κ2) is 18.9. The van der Waals surface area contributed by atoms with Gasteiger partial charge in [-0.2, -0.15) is 4.37 Å². The fourth-order valence-corrected chi connectivity index (χ4v) is 4.13. The van der Waals surface area contributed by atoms with Gasteiger partial charge in [-0.3, -0.25) is 14.4 Å². The monoisotopic (exact) mass is 606 g/mol. The molecular weight excluding hydrogens is 564 g/mol. The van der Waals surface area contributed by atoms with Gasteiger partial charge in [0.15, 0.2) is 0 Å². The number of nitrogens with one attached hydrogen (secondary N) is 1. The number of hydrogen-bond donors (Lipinski definition) is 1. The first-order chi connectivity index (χ1) is 20.1. The topological polar surface area (TPSA) is 138 Å². The number of esters is 3. The molecule has 1 fully saturated rings. The van der Waals surface area contributed by atoms with Gasteiger partial charge in [0.05, 0.1) is 24.9 Å². The van der Waals surface area contributed by atoms with Gasteiger partial charge in [-0.1, -0.05) is 0 Å². The van der Waals surface area contributed by atoms with E-state index in [9.17, 15) is 14.4 Å². The minimum Gasteiger partial charge on any atom is -0.470 e. The molecule has 1 aliphatic rings. The number of aromatic nitrogens is 2. The predicted molar refractivity (Wildman–Crippen MR) is 157 cm³/mol. The lowest BCUT2D eigenvalue weighted by Gasteiger charge is -2.28. The van der Waals surface area contributed by atoms with Crippen molar-refractivity contribution in [2.45, 2.75) is 70.9 Å². The summed E-state index contributed by atoms with van der Waals surface area (Å²) >= 11 is 1.03. The number of ether oxygens (including phenoxy) is 5. The Labute approximate surface area is 252 Å². The summed E-state index contributed by atoms with van der Waals surface area (Å²) in [7, 11) is 0. The number of carbonyl (C=O) groups excluding carboxylic acids is 3. The highest BCUT2D eigenvalue weighted by atomic mass is 32.1. The average Bonchev–Trinajstić information content (AvgIpc) is 3.43. The van der Waals surface area contributed by atoms with Crippen LogP contribution in [0.4, 0.5) is 5.82 Å². The lowest BCUT2D eigenvalue weighted by molar-refractivity contribution is -0.165. The van der Waals surface area contributed by atoms with Gasteiger partial charge >= 0.3 is 17.9 Å². The normalized spacial score (nSPS) is 14.0. The van der Waals surface area contributed by atoms with Crippen LogP contribution >= 0.6 is 11.7 Å². The van der Waals surface area contributed by atoms with E-state index < -0.39 is 29.9 Å². The quantitative estimate of drug-likeness (QED) is 0.114. The molecule has 1 aromatic heterocycles. The molecule has 0 amide bonds. The second-order valence-corrected chi connectivity index (χ2v) is 11.2. The Kier molecular flexibility index (Phi) is 15.7. The van der Waals surface area contributed by atoms with E-state index in [1.807, 2.05) is 25.7 Å². The molecule has 1 aliphatic heterocycles. The zero-order valence-corrected chi connectivity index (χ0v) is 25.5. The van der Waals surface area contributed by atoms with Crippen LogP contribution in [-0.4, -0.2) is 91.0 Å². The van der Waals surface area contributed by atoms with Crippen LogP contribution in [0.1, 0.15) is 59.3 Å². The molecule has 1 atom stereocenters. The summed E-state index contributed by atoms with van der Waals surface area (Å²) in [6.07, 6.45) is 11.7. The lowest BCUT2D eigenvalue weighted by Crippen LogP contribution is -2.45. The van der Waals surface area contributed by atoms with Crippen LogP contribution in [0, 0.1) is 30.6 Å². The Morgan fingerprint density at radius 2 is 1.60 bits per heavy atom. The van der Waals surface area contributed by atoms with Crippen LogP contribution in [0.5, 0.6) is 5.88 Å². The molecule has 0 saturated carbocycles. The maximum Gasteiger partial charge on any atom is 0.316 e. The Bertz CT molecular complexity index is 1030. The van der Waals surface area contributed by atoms with E-state index in [2.05, 4.69) is 25.9 Å². The van der Waals surface area contributed by atoms with Crippen LogP contribution in [0.2, 0.25) is 0 Å². The van der Waals surface area contributed by atoms with E-state index in [-0.39, 0.29) is 44.7 Å². The van der Waals surface area contributed by atoms with Crippen molar-refractivity contribution in [2.24, 2.45) is 5.92 Å². The molecule has 1 saturated heterocycles. The average molecular weight is 607 g/mol. The van der Waals surface area contributed by atoms with E-state index in [4.69, 9.17) is 36.5 Å². The standard InChI is InChI=1S/C29H42N4O8S/c1-6-8-10-12-24(34)38-19-22(20-39-25(35)13-11-9-7-2)28(36)41-23(18-30-29(3,4)5)21-40-27-26(31-42-32-27)33-14-16-37-17-15-33/h1-2,22-23,30H,8-21H2,3-5H3/t23-/m0/s1. The first-order valence-electron chi connectivity index (χ1n) is 14.0. The van der Waals surface area contributed by atoms with Crippen LogP contribution in [0.3, 0.4) is 0 Å². The van der Waals surface area contributed by atoms with Gasteiger partial charge in [0, 0.05) is 50.9 Å². The minimum absolute atomic E-state index is 0.0119. The van der Waals surface area contributed by atoms with Crippen LogP contribution < -0.4 is 15.0 Å². The first kappa shape index (κ1) is 34.8. The Morgan fingerprint density at radius 1 is 1.00 bits per heavy atom. The summed E-state index contributed by atoms with van der Waals surface area (Å²) in [5, 5.41) is 3.31. The highest BCUT2D eigenvalue weighted by Gasteiger charge is 2.29. The summed E-state index contributed by atoms with van der Waals surface area (Å²) in [5.41, 5.74) is -0.271. The Hall–Kier alpha value is -3.39. The molecule has 0 aliphatic carbocycles. The molecule has 2 rings (SSSR count). The lowest BCUT2D eigenvalue weighted by atomic mass is 10.1. The number of unbranched alkanes of at least 4 members (excludes halogenated alkanes) is 2. The van der Waals surface area contributed by atoms with E-state index in [0.717, 1.165) is 11.7 Å². The first-order valence-corrected chi connectivity index (χ1v) is 14.8. The molecule has 12 nitrogen and oxygen atoms in total. The summed E-state index contributed by atoms with van der Waals surface area (Å²) in [6, 6.07) is 0. The molecule has 1 aromatic rings. The summed E-state index contributed by atoms with van der Waals surface area (Å²) in [6.45, 7) is 8.06. The van der Waals surface area contributed by atoms with Gasteiger partial charge in [0.2, 0.25) is 5.82 Å². The van der Waals surface area contributed by atoms with Crippen molar-refractivity contribution in [3.8, 4) is 30.6 Å². The van der Waals surface area contributed by atoms with Crippen LogP contribution in [0.25, 0.3) is 0 Å². The highest BCUT2D eigenvalue weighted by molar-refractivity contribution is 6.99. The summed E-state index contributed by atoms with van der Waals surface area (Å²) in [4.78, 5) is 39.7. The van der Waals surface area contributed by atoms with E-state index in [0.29, 0.717) is 63.7 Å². The zero-order valence-electron chi connectivity index (χ0n) is 24.7. The number of carbonyl (C=O) groups is 3. The molecule has 2 heterocycles. The molecule has 13 heteroatoms. The van der Waals surface area contributed by atoms with E-state index in [1.54, 1.807) is 0 Å². The Morgan fingerprint density at radius 3 is 2.14 bits per heavy atom. The fourth-order valence-electron chi connectivity index (χ4n) is 3.61. The molecule has 0 radical (unpaired) electrons. The van der Waals surface area contributed by atoms with Crippen molar-refractivity contribution in [2.75, 3.05) is 57.6 Å². The third kappa shape index (κ3) is 14.0. The van der Waals surface area contributed by atoms with Crippen molar-refractivity contribution in [3.63, 3.8) is 0 Å². The smallest absolute Gasteiger partial charge is 0.316 e. The Balaban J connectivity index is 2.07. The van der Waals surface area contributed by atoms with E-state index >= 15 is 0 Å². The number of terminal acetylenes is 2. The van der Waals surface area contributed by atoms with Gasteiger partial charge in [-0.15, -0.1) is 29.1 Å². The second-order valence-electron chi connectivity index (χ2n) is 10.7. The van der Waals surface area contributed by atoms with E-state index in [1.165, 1.54) is 0 Å². The zero-order chi connectivity index (χ0) is 30.8. The van der Waals surface area contributed by atoms with Gasteiger partial charge in [-0.25, -0.2) is 0 Å². The number of nitrogens with zero attached hydrogens (tertiary/aromatic N) is 3. The predicted octanol–water partition coefficient (Wildman–Crippen LogP) is 2.36. The van der Waals surface area contributed by atoms with Gasteiger partial charge in [0.1, 0.15) is 31.8 Å². The maximum atomic E-state index is 13.3. The molecule has 0 aromatic carbocycles. The molecule has 232 valence electrons. The minimum atomic E-state index is -1.04. The third-order valence-corrected chi connectivity index (χ3v) is 6.43. The highest BCUT2D eigenvalue weighted by Crippen LogP contribution is 2.26. The fraction of sp³-hybridized carbons (Fsp3) is 0.690. The van der Waals surface area contributed by atoms with Crippen LogP contribution in [-0.2, 0) is 33.3 Å².